The summed E-state index contributed by atoms with van der Waals surface area (Å²) in [6, 6.07) is -0.511. The molecule has 11 nitrogen and oxygen atoms in total. The molecule has 2 aromatic rings. The van der Waals surface area contributed by atoms with E-state index in [2.05, 4.69) is 25.5 Å². The zero-order valence-corrected chi connectivity index (χ0v) is 15.6. The molecule has 140 valence electrons. The molecule has 26 heavy (non-hydrogen) atoms. The number of thioether (sulfide) groups is 1. The van der Waals surface area contributed by atoms with E-state index >= 15 is 0 Å². The van der Waals surface area contributed by atoms with E-state index in [4.69, 9.17) is 10.6 Å². The molecule has 3 heterocycles. The number of H-pyrrole nitrogens is 1. The third-order valence-electron chi connectivity index (χ3n) is 3.76. The van der Waals surface area contributed by atoms with Gasteiger partial charge in [0, 0.05) is 5.75 Å². The molecule has 0 saturated carbocycles. The quantitative estimate of drug-likeness (QED) is 0.325. The van der Waals surface area contributed by atoms with Crippen LogP contribution < -0.4 is 16.3 Å². The highest BCUT2D eigenvalue weighted by Gasteiger charge is 2.36. The molecular weight excluding hydrogens is 382 g/mol. The fourth-order valence-corrected chi connectivity index (χ4v) is 4.74. The summed E-state index contributed by atoms with van der Waals surface area (Å²) in [5, 5.41) is 9.77. The van der Waals surface area contributed by atoms with Crippen molar-refractivity contribution in [2.75, 3.05) is 5.75 Å². The fraction of sp³-hybridized carbons (Fsp3) is 0.615. The van der Waals surface area contributed by atoms with Gasteiger partial charge in [0.15, 0.2) is 5.65 Å². The van der Waals surface area contributed by atoms with Crippen molar-refractivity contribution in [1.82, 2.24) is 14.5 Å². The lowest BCUT2D eigenvalue weighted by atomic mass is 10.1. The van der Waals surface area contributed by atoms with Crippen LogP contribution in [0.2, 0.25) is 0 Å². The Morgan fingerprint density at radius 3 is 2.88 bits per heavy atom. The van der Waals surface area contributed by atoms with Crippen LogP contribution in [0.1, 0.15) is 26.5 Å². The predicted octanol–water partition coefficient (Wildman–Crippen LogP) is 1.87. The molecule has 2 aromatic heterocycles. The Balaban J connectivity index is 1.96. The van der Waals surface area contributed by atoms with Crippen molar-refractivity contribution in [3.63, 3.8) is 0 Å². The van der Waals surface area contributed by atoms with E-state index in [1.807, 2.05) is 13.8 Å². The van der Waals surface area contributed by atoms with Gasteiger partial charge in [-0.05, 0) is 12.3 Å². The minimum absolute atomic E-state index is 0.106. The average molecular weight is 399 g/mol. The van der Waals surface area contributed by atoms with Gasteiger partial charge >= 0.3 is 4.87 Å². The first-order chi connectivity index (χ1) is 12.4. The topological polar surface area (TPSA) is 157 Å². The van der Waals surface area contributed by atoms with Gasteiger partial charge < -0.3 is 10.6 Å². The third kappa shape index (κ3) is 3.54. The summed E-state index contributed by atoms with van der Waals surface area (Å²) in [6.07, 6.45) is -0.0637. The number of nitrogens with zero attached hydrogens (tertiary/aromatic N) is 5. The van der Waals surface area contributed by atoms with E-state index in [0.717, 1.165) is 11.3 Å². The maximum atomic E-state index is 12.4. The van der Waals surface area contributed by atoms with Gasteiger partial charge in [-0.3, -0.25) is 19.1 Å². The van der Waals surface area contributed by atoms with Crippen molar-refractivity contribution in [2.24, 2.45) is 27.3 Å². The molecule has 1 aliphatic rings. The predicted molar refractivity (Wildman–Crippen MR) is 98.6 cm³/mol. The fourth-order valence-electron chi connectivity index (χ4n) is 2.71. The number of ether oxygens (including phenoxy) is 1. The van der Waals surface area contributed by atoms with Crippen LogP contribution in [0.5, 0.6) is 0 Å². The Kier molecular flexibility index (Phi) is 5.48. The molecule has 0 bridgehead atoms. The second kappa shape index (κ2) is 7.63. The second-order valence-corrected chi connectivity index (χ2v) is 8.18. The first kappa shape index (κ1) is 18.7. The highest BCUT2D eigenvalue weighted by atomic mass is 32.2. The normalized spacial score (nSPS) is 21.8. The van der Waals surface area contributed by atoms with Gasteiger partial charge in [-0.15, -0.1) is 11.8 Å². The molecule has 1 saturated heterocycles. The largest absolute Gasteiger partial charge is 0.341 e. The van der Waals surface area contributed by atoms with Crippen LogP contribution in [-0.2, 0) is 4.74 Å². The number of nitrogens with two attached hydrogens (primary N) is 1. The summed E-state index contributed by atoms with van der Waals surface area (Å²) in [5.41, 5.74) is -0.809. The monoisotopic (exact) mass is 399 g/mol. The van der Waals surface area contributed by atoms with E-state index in [9.17, 15) is 14.5 Å². The minimum Gasteiger partial charge on any atom is -0.341 e. The number of rotatable bonds is 6. The van der Waals surface area contributed by atoms with E-state index < -0.39 is 23.3 Å². The van der Waals surface area contributed by atoms with Crippen molar-refractivity contribution < 1.29 is 4.74 Å². The van der Waals surface area contributed by atoms with Gasteiger partial charge in [-0.1, -0.05) is 40.7 Å². The van der Waals surface area contributed by atoms with Crippen molar-refractivity contribution in [2.45, 2.75) is 38.0 Å². The number of hydrogen-bond donors (Lipinski definition) is 2. The van der Waals surface area contributed by atoms with E-state index in [1.54, 1.807) is 0 Å². The molecule has 0 radical (unpaired) electrons. The number of nitrogens with one attached hydrogen (secondary N) is 1. The minimum atomic E-state index is -0.653. The Labute approximate surface area is 155 Å². The molecule has 3 atom stereocenters. The average Bonchev–Trinajstić information content (AvgIpc) is 3.17. The third-order valence-corrected chi connectivity index (χ3v) is 5.93. The molecule has 1 unspecified atom stereocenters. The lowest BCUT2D eigenvalue weighted by molar-refractivity contribution is 0.00765. The zero-order chi connectivity index (χ0) is 18.8. The van der Waals surface area contributed by atoms with Crippen LogP contribution >= 0.6 is 23.1 Å². The summed E-state index contributed by atoms with van der Waals surface area (Å²) in [7, 11) is 0. The summed E-state index contributed by atoms with van der Waals surface area (Å²) in [5.74, 6) is 5.60. The molecule has 0 amide bonds. The highest BCUT2D eigenvalue weighted by Crippen LogP contribution is 2.37. The van der Waals surface area contributed by atoms with Crippen LogP contribution in [-0.4, -0.2) is 31.8 Å². The summed E-state index contributed by atoms with van der Waals surface area (Å²) < 4.78 is 7.36. The van der Waals surface area contributed by atoms with Gasteiger partial charge in [0.2, 0.25) is 0 Å². The number of fused-ring (bicyclic) bond motifs is 1. The Morgan fingerprint density at radius 1 is 1.46 bits per heavy atom. The molecule has 1 fully saturated rings. The summed E-state index contributed by atoms with van der Waals surface area (Å²) in [6.45, 7) is 3.99. The maximum Gasteiger partial charge on any atom is 0.311 e. The second-order valence-electron chi connectivity index (χ2n) is 6.09. The van der Waals surface area contributed by atoms with Gasteiger partial charge in [-0.25, -0.2) is 0 Å². The van der Waals surface area contributed by atoms with Gasteiger partial charge in [0.1, 0.15) is 22.4 Å². The summed E-state index contributed by atoms with van der Waals surface area (Å²) in [4.78, 5) is 41.8. The Hall–Kier alpha value is -2.12. The molecule has 1 aliphatic heterocycles. The van der Waals surface area contributed by atoms with Crippen molar-refractivity contribution >= 4 is 39.4 Å². The lowest BCUT2D eigenvalue weighted by Crippen LogP contribution is -2.26. The SMILES string of the molecule is CC(C)CC(N=O)[C@H]1O[C@@H](n2c(=O)sc3c(=O)[nH]c(N=NN)nc32)CS1. The molecule has 13 heteroatoms. The van der Waals surface area contributed by atoms with Crippen LogP contribution in [0.3, 0.4) is 0 Å². The number of aromatic amines is 1. The first-order valence-electron chi connectivity index (χ1n) is 7.80. The van der Waals surface area contributed by atoms with Crippen LogP contribution in [0, 0.1) is 10.8 Å². The first-order valence-corrected chi connectivity index (χ1v) is 9.67. The summed E-state index contributed by atoms with van der Waals surface area (Å²) >= 11 is 2.18. The molecular formula is C13H17N7O4S2. The number of nitroso groups, excluding NO2 is 1. The maximum absolute atomic E-state index is 12.4. The number of hydrogen-bond acceptors (Lipinski definition) is 10. The van der Waals surface area contributed by atoms with E-state index in [1.165, 1.54) is 16.3 Å². The van der Waals surface area contributed by atoms with Gasteiger partial charge in [-0.2, -0.15) is 9.89 Å². The van der Waals surface area contributed by atoms with E-state index in [-0.39, 0.29) is 27.1 Å². The number of thiazole rings is 1. The Morgan fingerprint density at radius 2 is 2.23 bits per heavy atom. The van der Waals surface area contributed by atoms with Gasteiger partial charge in [0.25, 0.3) is 11.5 Å². The Bertz CT molecular complexity index is 950. The zero-order valence-electron chi connectivity index (χ0n) is 14.0. The smallest absolute Gasteiger partial charge is 0.311 e. The van der Waals surface area contributed by atoms with Crippen molar-refractivity contribution in [3.8, 4) is 0 Å². The highest BCUT2D eigenvalue weighted by molar-refractivity contribution is 8.00. The molecule has 0 aromatic carbocycles. The van der Waals surface area contributed by atoms with Crippen molar-refractivity contribution in [3.05, 3.63) is 24.9 Å². The van der Waals surface area contributed by atoms with Crippen LogP contribution in [0.15, 0.2) is 25.1 Å². The molecule has 3 N–H and O–H groups in total. The standard InChI is InChI=1S/C13H17N7O4S2/c1-5(2)3-6(18-23)11-24-7(4-25-11)20-9-8(26-13(20)22)10(21)16-12(15-9)17-19-14/h5-7,11H,3-4H2,1-2H3,(H3,14,15,16,17,21)/t6?,7-,11+/m1/s1. The van der Waals surface area contributed by atoms with Crippen molar-refractivity contribution in [1.29, 1.82) is 0 Å². The lowest BCUT2D eigenvalue weighted by Gasteiger charge is -2.18. The van der Waals surface area contributed by atoms with E-state index in [0.29, 0.717) is 12.2 Å². The van der Waals surface area contributed by atoms with Gasteiger partial charge in [0.05, 0.1) is 0 Å². The molecule has 3 rings (SSSR count). The van der Waals surface area contributed by atoms with Crippen LogP contribution in [0.4, 0.5) is 5.95 Å². The molecule has 0 aliphatic carbocycles. The van der Waals surface area contributed by atoms with Crippen LogP contribution in [0.25, 0.3) is 10.3 Å². The number of aromatic nitrogens is 3. The molecule has 0 spiro atoms.